The molecule has 0 bridgehead atoms. The van der Waals surface area contributed by atoms with Crippen LogP contribution in [0.25, 0.3) is 0 Å². The second-order valence-corrected chi connectivity index (χ2v) is 2.91. The molecule has 2 nitrogen and oxygen atoms in total. The Hall–Kier alpha value is -0.670. The molecule has 0 saturated heterocycles. The van der Waals surface area contributed by atoms with Gasteiger partial charge in [-0.25, -0.2) is 0 Å². The Morgan fingerprint density at radius 1 is 1.25 bits per heavy atom. The lowest BCUT2D eigenvalue weighted by Gasteiger charge is -2.00. The van der Waals surface area contributed by atoms with Crippen molar-refractivity contribution in [2.24, 2.45) is 5.73 Å². The van der Waals surface area contributed by atoms with Crippen molar-refractivity contribution in [3.05, 3.63) is 24.3 Å². The summed E-state index contributed by atoms with van der Waals surface area (Å²) in [5.74, 6) is 0.578. The number of anilines is 1. The third-order valence-corrected chi connectivity index (χ3v) is 2.01. The van der Waals surface area contributed by atoms with Crippen LogP contribution < -0.4 is 11.5 Å². The average Bonchev–Trinajstić information content (AvgIpc) is 2.13. The summed E-state index contributed by atoms with van der Waals surface area (Å²) >= 11 is 1.55. The average molecular weight is 184 g/mol. The normalized spacial score (nSPS) is 8.58. The van der Waals surface area contributed by atoms with Crippen molar-refractivity contribution in [2.75, 3.05) is 11.6 Å². The predicted molar refractivity (Wildman–Crippen MR) is 57.1 cm³/mol. The molecule has 0 saturated carbocycles. The highest BCUT2D eigenvalue weighted by Gasteiger charge is 1.93. The molecule has 4 N–H and O–H groups in total. The van der Waals surface area contributed by atoms with Crippen molar-refractivity contribution < 1.29 is 0 Å². The Bertz CT molecular complexity index is 213. The SMILES string of the molecule is CC.NCSc1ccccc1N. The number of thioether (sulfide) groups is 1. The quantitative estimate of drug-likeness (QED) is 0.421. The van der Waals surface area contributed by atoms with Crippen LogP contribution >= 0.6 is 11.8 Å². The van der Waals surface area contributed by atoms with Crippen LogP contribution in [-0.2, 0) is 0 Å². The Kier molecular flexibility index (Phi) is 6.61. The van der Waals surface area contributed by atoms with E-state index >= 15 is 0 Å². The van der Waals surface area contributed by atoms with E-state index in [1.807, 2.05) is 38.1 Å². The first kappa shape index (κ1) is 11.3. The smallest absolute Gasteiger partial charge is 0.0452 e. The number of rotatable bonds is 2. The lowest BCUT2D eigenvalue weighted by molar-refractivity contribution is 1.37. The fraction of sp³-hybridized carbons (Fsp3) is 0.333. The van der Waals surface area contributed by atoms with E-state index in [-0.39, 0.29) is 0 Å². The van der Waals surface area contributed by atoms with Crippen LogP contribution in [0.3, 0.4) is 0 Å². The van der Waals surface area contributed by atoms with Crippen molar-refractivity contribution in [2.45, 2.75) is 18.7 Å². The van der Waals surface area contributed by atoms with Gasteiger partial charge in [0.2, 0.25) is 0 Å². The van der Waals surface area contributed by atoms with Crippen LogP contribution in [0.2, 0.25) is 0 Å². The molecular weight excluding hydrogens is 168 g/mol. The lowest BCUT2D eigenvalue weighted by Crippen LogP contribution is -1.94. The van der Waals surface area contributed by atoms with Gasteiger partial charge < -0.3 is 11.5 Å². The molecule has 1 aromatic rings. The zero-order valence-electron chi connectivity index (χ0n) is 7.58. The summed E-state index contributed by atoms with van der Waals surface area (Å²) in [4.78, 5) is 1.06. The molecule has 0 aliphatic heterocycles. The van der Waals surface area contributed by atoms with Gasteiger partial charge in [0.25, 0.3) is 0 Å². The third-order valence-electron chi connectivity index (χ3n) is 1.16. The topological polar surface area (TPSA) is 52.0 Å². The molecule has 1 rings (SSSR count). The first-order valence-corrected chi connectivity index (χ1v) is 5.00. The second kappa shape index (κ2) is 7.00. The zero-order chi connectivity index (χ0) is 9.40. The second-order valence-electron chi connectivity index (χ2n) is 1.85. The number of hydrogen-bond acceptors (Lipinski definition) is 3. The van der Waals surface area contributed by atoms with Crippen LogP contribution in [0, 0.1) is 0 Å². The molecule has 1 aromatic carbocycles. The maximum atomic E-state index is 5.63. The van der Waals surface area contributed by atoms with Gasteiger partial charge in [-0.15, -0.1) is 11.8 Å². The van der Waals surface area contributed by atoms with Crippen molar-refractivity contribution in [1.29, 1.82) is 0 Å². The van der Waals surface area contributed by atoms with Gasteiger partial charge in [-0.3, -0.25) is 0 Å². The molecule has 0 atom stereocenters. The maximum absolute atomic E-state index is 5.63. The minimum Gasteiger partial charge on any atom is -0.398 e. The monoisotopic (exact) mass is 184 g/mol. The van der Waals surface area contributed by atoms with Gasteiger partial charge in [0.15, 0.2) is 0 Å². The molecule has 0 spiro atoms. The predicted octanol–water partition coefficient (Wildman–Crippen LogP) is 2.30. The molecule has 0 aliphatic rings. The summed E-state index contributed by atoms with van der Waals surface area (Å²) < 4.78 is 0. The van der Waals surface area contributed by atoms with E-state index in [4.69, 9.17) is 11.5 Å². The van der Waals surface area contributed by atoms with Crippen LogP contribution in [0.15, 0.2) is 29.2 Å². The highest BCUT2D eigenvalue weighted by molar-refractivity contribution is 7.99. The number of para-hydroxylation sites is 1. The third kappa shape index (κ3) is 3.64. The molecular formula is C9H16N2S. The summed E-state index contributed by atoms with van der Waals surface area (Å²) in [6, 6.07) is 7.70. The lowest BCUT2D eigenvalue weighted by atomic mass is 10.3. The van der Waals surface area contributed by atoms with Crippen LogP contribution in [0.5, 0.6) is 0 Å². The Morgan fingerprint density at radius 3 is 2.33 bits per heavy atom. The molecule has 0 amide bonds. The van der Waals surface area contributed by atoms with Crippen molar-refractivity contribution in [1.82, 2.24) is 0 Å². The van der Waals surface area contributed by atoms with Crippen molar-refractivity contribution in [3.63, 3.8) is 0 Å². The van der Waals surface area contributed by atoms with Gasteiger partial charge in [-0.1, -0.05) is 26.0 Å². The van der Waals surface area contributed by atoms with E-state index < -0.39 is 0 Å². The first-order valence-electron chi connectivity index (χ1n) is 4.02. The van der Waals surface area contributed by atoms with Crippen LogP contribution in [-0.4, -0.2) is 5.88 Å². The van der Waals surface area contributed by atoms with Crippen LogP contribution in [0.1, 0.15) is 13.8 Å². The molecule has 0 radical (unpaired) electrons. The Morgan fingerprint density at radius 2 is 1.83 bits per heavy atom. The van der Waals surface area contributed by atoms with Gasteiger partial charge in [0, 0.05) is 16.5 Å². The number of hydrogen-bond donors (Lipinski definition) is 2. The van der Waals surface area contributed by atoms with E-state index in [2.05, 4.69) is 0 Å². The summed E-state index contributed by atoms with van der Waals surface area (Å²) in [5.41, 5.74) is 11.8. The minimum absolute atomic E-state index is 0.578. The standard InChI is InChI=1S/C7H10N2S.C2H6/c8-5-10-7-4-2-1-3-6(7)9;1-2/h1-4H,5,8-9H2;1-2H3. The van der Waals surface area contributed by atoms with E-state index in [9.17, 15) is 0 Å². The summed E-state index contributed by atoms with van der Waals surface area (Å²) in [6.45, 7) is 4.00. The fourth-order valence-corrected chi connectivity index (χ4v) is 1.29. The summed E-state index contributed by atoms with van der Waals surface area (Å²) in [7, 11) is 0. The Labute approximate surface area is 78.3 Å². The fourth-order valence-electron chi connectivity index (χ4n) is 0.702. The van der Waals surface area contributed by atoms with Gasteiger partial charge >= 0.3 is 0 Å². The molecule has 0 heterocycles. The zero-order valence-corrected chi connectivity index (χ0v) is 8.40. The number of benzene rings is 1. The van der Waals surface area contributed by atoms with Crippen molar-refractivity contribution >= 4 is 17.4 Å². The van der Waals surface area contributed by atoms with E-state index in [1.165, 1.54) is 0 Å². The van der Waals surface area contributed by atoms with E-state index in [1.54, 1.807) is 11.8 Å². The first-order chi connectivity index (χ1) is 5.84. The van der Waals surface area contributed by atoms with Gasteiger partial charge in [-0.2, -0.15) is 0 Å². The maximum Gasteiger partial charge on any atom is 0.0452 e. The van der Waals surface area contributed by atoms with Gasteiger partial charge in [0.1, 0.15) is 0 Å². The number of nitrogen functional groups attached to an aromatic ring is 1. The molecule has 3 heteroatoms. The molecule has 0 aromatic heterocycles. The van der Waals surface area contributed by atoms with E-state index in [0.717, 1.165) is 10.6 Å². The van der Waals surface area contributed by atoms with Crippen LogP contribution in [0.4, 0.5) is 5.69 Å². The number of nitrogens with two attached hydrogens (primary N) is 2. The largest absolute Gasteiger partial charge is 0.398 e. The molecule has 68 valence electrons. The molecule has 12 heavy (non-hydrogen) atoms. The van der Waals surface area contributed by atoms with Gasteiger partial charge in [0.05, 0.1) is 0 Å². The summed E-state index contributed by atoms with van der Waals surface area (Å²) in [6.07, 6.45) is 0. The van der Waals surface area contributed by atoms with Gasteiger partial charge in [-0.05, 0) is 12.1 Å². The minimum atomic E-state index is 0.578. The highest BCUT2D eigenvalue weighted by Crippen LogP contribution is 2.22. The molecule has 0 unspecified atom stereocenters. The van der Waals surface area contributed by atoms with E-state index in [0.29, 0.717) is 5.88 Å². The molecule has 0 aliphatic carbocycles. The highest BCUT2D eigenvalue weighted by atomic mass is 32.2. The molecule has 0 fully saturated rings. The van der Waals surface area contributed by atoms with Crippen molar-refractivity contribution in [3.8, 4) is 0 Å². The summed E-state index contributed by atoms with van der Waals surface area (Å²) in [5, 5.41) is 0. The Balaban J connectivity index is 0.000000561.